The maximum Gasteiger partial charge on any atom is 0.217 e. The Labute approximate surface area is 122 Å². The molecule has 17 heavy (non-hydrogen) atoms. The molecule has 1 aromatic carbocycles. The molecule has 0 aromatic heterocycles. The Hall–Kier alpha value is -0.0100. The number of hydrogen-bond donors (Lipinski definition) is 1. The van der Waals surface area contributed by atoms with Gasteiger partial charge in [0.05, 0.1) is 15.7 Å². The van der Waals surface area contributed by atoms with Gasteiger partial charge in [-0.25, -0.2) is 8.42 Å². The molecule has 0 saturated heterocycles. The molecule has 0 atom stereocenters. The number of nitrogens with zero attached hydrogens (tertiary/aromatic N) is 1. The largest absolute Gasteiger partial charge is 0.274 e. The molecular formula is C8H6BrCl3N2O2S. The molecule has 1 aromatic rings. The first-order chi connectivity index (χ1) is 7.71. The molecule has 0 amide bonds. The highest BCUT2D eigenvalue weighted by Crippen LogP contribution is 2.33. The Bertz CT molecular complexity index is 551. The Kier molecular flexibility index (Phi) is 5.09. The number of hydrogen-bond acceptors (Lipinski definition) is 4. The zero-order valence-corrected chi connectivity index (χ0v) is 13.0. The molecule has 1 rings (SSSR count). The zero-order valence-electron chi connectivity index (χ0n) is 8.34. The first kappa shape index (κ1) is 15.0. The Morgan fingerprint density at radius 3 is 2.18 bits per heavy atom. The van der Waals surface area contributed by atoms with Crippen molar-refractivity contribution in [1.82, 2.24) is 0 Å². The lowest BCUT2D eigenvalue weighted by molar-refractivity contribution is 0.613. The van der Waals surface area contributed by atoms with Gasteiger partial charge in [0.1, 0.15) is 0 Å². The number of sulfone groups is 1. The molecule has 0 spiro atoms. The fourth-order valence-electron chi connectivity index (χ4n) is 0.832. The molecule has 0 radical (unpaired) electrons. The highest BCUT2D eigenvalue weighted by molar-refractivity contribution is 9.21. The number of rotatable bonds is 2. The second-order valence-electron chi connectivity index (χ2n) is 2.99. The molecule has 1 N–H and O–H groups in total. The van der Waals surface area contributed by atoms with Gasteiger partial charge in [0.15, 0.2) is 0 Å². The topological polar surface area (TPSA) is 58.5 Å². The molecule has 0 aliphatic heterocycles. The van der Waals surface area contributed by atoms with E-state index in [1.54, 1.807) is 0 Å². The average molecular weight is 380 g/mol. The van der Waals surface area contributed by atoms with E-state index in [1.165, 1.54) is 12.1 Å². The highest BCUT2D eigenvalue weighted by Gasteiger charge is 2.11. The van der Waals surface area contributed by atoms with Crippen molar-refractivity contribution in [3.8, 4) is 0 Å². The molecule has 4 nitrogen and oxygen atoms in total. The molecule has 9 heteroatoms. The Morgan fingerprint density at radius 2 is 1.76 bits per heavy atom. The summed E-state index contributed by atoms with van der Waals surface area (Å²) < 4.78 is 21.9. The van der Waals surface area contributed by atoms with Crippen LogP contribution in [0.2, 0.25) is 15.1 Å². The van der Waals surface area contributed by atoms with Crippen molar-refractivity contribution in [3.63, 3.8) is 0 Å². The molecule has 0 aliphatic rings. The number of nitrogens with one attached hydrogen (secondary N) is 1. The van der Waals surface area contributed by atoms with Gasteiger partial charge < -0.3 is 0 Å². The van der Waals surface area contributed by atoms with Crippen LogP contribution in [-0.2, 0) is 9.84 Å². The zero-order chi connectivity index (χ0) is 13.2. The lowest BCUT2D eigenvalue weighted by Crippen LogP contribution is -2.07. The summed E-state index contributed by atoms with van der Waals surface area (Å²) in [4.78, 5) is 0. The van der Waals surface area contributed by atoms with Crippen molar-refractivity contribution in [2.75, 3.05) is 11.7 Å². The third-order valence-corrected chi connectivity index (χ3v) is 5.03. The highest BCUT2D eigenvalue weighted by atomic mass is 79.9. The number of benzene rings is 1. The third-order valence-electron chi connectivity index (χ3n) is 1.57. The average Bonchev–Trinajstić information content (AvgIpc) is 2.13. The first-order valence-electron chi connectivity index (χ1n) is 4.05. The summed E-state index contributed by atoms with van der Waals surface area (Å²) in [6, 6.07) is 2.92. The second kappa shape index (κ2) is 5.75. The molecule has 0 heterocycles. The second-order valence-corrected chi connectivity index (χ2v) is 7.45. The number of halogens is 4. The minimum Gasteiger partial charge on any atom is -0.274 e. The van der Waals surface area contributed by atoms with Gasteiger partial charge in [-0.05, 0) is 28.1 Å². The van der Waals surface area contributed by atoms with Crippen molar-refractivity contribution in [2.24, 2.45) is 5.10 Å². The van der Waals surface area contributed by atoms with E-state index in [-0.39, 0.29) is 19.7 Å². The van der Waals surface area contributed by atoms with Gasteiger partial charge in [-0.15, -0.1) is 0 Å². The van der Waals surface area contributed by atoms with Crippen LogP contribution in [0.5, 0.6) is 0 Å². The van der Waals surface area contributed by atoms with Gasteiger partial charge in [-0.2, -0.15) is 5.10 Å². The predicted molar refractivity (Wildman–Crippen MR) is 76.3 cm³/mol. The first-order valence-corrected chi connectivity index (χ1v) is 7.87. The van der Waals surface area contributed by atoms with Crippen LogP contribution in [-0.4, -0.2) is 18.6 Å². The van der Waals surface area contributed by atoms with Crippen molar-refractivity contribution in [2.45, 2.75) is 0 Å². The van der Waals surface area contributed by atoms with Crippen LogP contribution in [0.25, 0.3) is 0 Å². The number of hydrazone groups is 1. The van der Waals surface area contributed by atoms with Gasteiger partial charge in [0, 0.05) is 11.3 Å². The summed E-state index contributed by atoms with van der Waals surface area (Å²) in [6.45, 7) is 0. The summed E-state index contributed by atoms with van der Waals surface area (Å²) in [6.07, 6.45) is 1.01. The van der Waals surface area contributed by atoms with Gasteiger partial charge in [0.25, 0.3) is 0 Å². The fourth-order valence-corrected chi connectivity index (χ4v) is 2.03. The minimum absolute atomic E-state index is 0.236. The van der Waals surface area contributed by atoms with Gasteiger partial charge in [0.2, 0.25) is 13.8 Å². The van der Waals surface area contributed by atoms with Crippen LogP contribution in [0.15, 0.2) is 17.2 Å². The van der Waals surface area contributed by atoms with Crippen molar-refractivity contribution in [3.05, 3.63) is 27.2 Å². The van der Waals surface area contributed by atoms with Crippen LogP contribution in [0.4, 0.5) is 5.69 Å². The molecule has 0 saturated carbocycles. The van der Waals surface area contributed by atoms with E-state index >= 15 is 0 Å². The van der Waals surface area contributed by atoms with E-state index < -0.39 is 9.84 Å². The van der Waals surface area contributed by atoms with Crippen LogP contribution < -0.4 is 5.43 Å². The van der Waals surface area contributed by atoms with E-state index in [2.05, 4.69) is 26.5 Å². The Balaban J connectivity index is 3.06. The van der Waals surface area contributed by atoms with Gasteiger partial charge >= 0.3 is 0 Å². The quantitative estimate of drug-likeness (QED) is 0.483. The molecule has 0 unspecified atom stereocenters. The van der Waals surface area contributed by atoms with Crippen LogP contribution in [0.3, 0.4) is 0 Å². The van der Waals surface area contributed by atoms with Gasteiger partial charge in [-0.3, -0.25) is 5.43 Å². The smallest absolute Gasteiger partial charge is 0.217 e. The summed E-state index contributed by atoms with van der Waals surface area (Å²) in [5.74, 6) is 0. The van der Waals surface area contributed by atoms with Crippen molar-refractivity contribution >= 4 is 70.2 Å². The monoisotopic (exact) mass is 378 g/mol. The predicted octanol–water partition coefficient (Wildman–Crippen LogP) is 3.77. The SMILES string of the molecule is CS(=O)(=O)/C(Br)=N\Nc1c(Cl)cc(Cl)cc1Cl. The standard InChI is InChI=1S/C8H6BrCl3N2O2S/c1-17(15,16)8(9)14-13-7-5(11)2-4(10)3-6(7)12/h2-3,13H,1H3/b14-8-. The van der Waals surface area contributed by atoms with E-state index in [1.807, 2.05) is 0 Å². The lowest BCUT2D eigenvalue weighted by Gasteiger charge is -2.06. The Morgan fingerprint density at radius 1 is 1.29 bits per heavy atom. The van der Waals surface area contributed by atoms with Crippen LogP contribution in [0.1, 0.15) is 0 Å². The fraction of sp³-hybridized carbons (Fsp3) is 0.125. The third kappa shape index (κ3) is 4.30. The summed E-state index contributed by atoms with van der Waals surface area (Å²) in [5, 5.41) is 4.44. The summed E-state index contributed by atoms with van der Waals surface area (Å²) in [5.41, 5.74) is 2.73. The minimum atomic E-state index is -3.41. The normalized spacial score (nSPS) is 12.6. The van der Waals surface area contributed by atoms with E-state index in [9.17, 15) is 8.42 Å². The lowest BCUT2D eigenvalue weighted by atomic mass is 10.3. The summed E-state index contributed by atoms with van der Waals surface area (Å²) in [7, 11) is -3.41. The van der Waals surface area contributed by atoms with E-state index in [0.29, 0.717) is 5.02 Å². The molecular weight excluding hydrogens is 374 g/mol. The molecule has 0 aliphatic carbocycles. The molecule has 0 bridgehead atoms. The maximum absolute atomic E-state index is 11.1. The number of anilines is 1. The maximum atomic E-state index is 11.1. The summed E-state index contributed by atoms with van der Waals surface area (Å²) >= 11 is 20.3. The van der Waals surface area contributed by atoms with Crippen molar-refractivity contribution in [1.29, 1.82) is 0 Å². The van der Waals surface area contributed by atoms with Crippen LogP contribution >= 0.6 is 50.7 Å². The molecule has 94 valence electrons. The van der Waals surface area contributed by atoms with Crippen molar-refractivity contribution < 1.29 is 8.42 Å². The van der Waals surface area contributed by atoms with Gasteiger partial charge in [-0.1, -0.05) is 34.8 Å². The van der Waals surface area contributed by atoms with Crippen LogP contribution in [0, 0.1) is 0 Å². The van der Waals surface area contributed by atoms with E-state index in [0.717, 1.165) is 6.26 Å². The molecule has 0 fully saturated rings. The van der Waals surface area contributed by atoms with E-state index in [4.69, 9.17) is 34.8 Å².